The van der Waals surface area contributed by atoms with Gasteiger partial charge in [0.05, 0.1) is 11.5 Å². The lowest BCUT2D eigenvalue weighted by Gasteiger charge is -2.12. The average Bonchev–Trinajstić information content (AvgIpc) is 3.03. The van der Waals surface area contributed by atoms with Gasteiger partial charge in [-0.05, 0) is 25.2 Å². The Morgan fingerprint density at radius 3 is 2.29 bits per heavy atom. The van der Waals surface area contributed by atoms with Crippen molar-refractivity contribution >= 4 is 21.7 Å². The van der Waals surface area contributed by atoms with E-state index in [9.17, 15) is 18.0 Å². The lowest BCUT2D eigenvalue weighted by atomic mass is 10.1. The van der Waals surface area contributed by atoms with Crippen LogP contribution in [0.3, 0.4) is 0 Å². The fraction of sp³-hybridized carbons (Fsp3) is 0.857. The van der Waals surface area contributed by atoms with Gasteiger partial charge in [0.15, 0.2) is 9.84 Å². The summed E-state index contributed by atoms with van der Waals surface area (Å²) in [6.45, 7) is 0.391. The van der Waals surface area contributed by atoms with Crippen LogP contribution in [0.4, 0.5) is 0 Å². The van der Waals surface area contributed by atoms with Crippen LogP contribution in [-0.2, 0) is 19.4 Å². The minimum absolute atomic E-state index is 0.0197. The predicted octanol–water partition coefficient (Wildman–Crippen LogP) is 0.376. The van der Waals surface area contributed by atoms with E-state index in [1.807, 2.05) is 0 Å². The molecule has 0 radical (unpaired) electrons. The van der Waals surface area contributed by atoms with Gasteiger partial charge in [-0.1, -0.05) is 12.8 Å². The molecular formula is C14H24N2O4S. The number of carbonyl (C=O) groups excluding carboxylic acids is 2. The molecular weight excluding hydrogens is 292 g/mol. The summed E-state index contributed by atoms with van der Waals surface area (Å²) in [7, 11) is -2.90. The minimum atomic E-state index is -2.90. The number of amides is 2. The fourth-order valence-electron chi connectivity index (χ4n) is 2.98. The zero-order chi connectivity index (χ0) is 15.3. The van der Waals surface area contributed by atoms with Crippen molar-refractivity contribution in [3.8, 4) is 0 Å². The highest BCUT2D eigenvalue weighted by molar-refractivity contribution is 7.91. The largest absolute Gasteiger partial charge is 0.356 e. The van der Waals surface area contributed by atoms with Crippen LogP contribution >= 0.6 is 0 Å². The van der Waals surface area contributed by atoms with Crippen molar-refractivity contribution in [2.45, 2.75) is 51.0 Å². The quantitative estimate of drug-likeness (QED) is 0.741. The van der Waals surface area contributed by atoms with E-state index in [0.717, 1.165) is 25.7 Å². The summed E-state index contributed by atoms with van der Waals surface area (Å²) in [6, 6.07) is 0.282. The van der Waals surface area contributed by atoms with Crippen LogP contribution in [-0.4, -0.2) is 44.3 Å². The second-order valence-electron chi connectivity index (χ2n) is 6.12. The van der Waals surface area contributed by atoms with Crippen molar-refractivity contribution < 1.29 is 18.0 Å². The van der Waals surface area contributed by atoms with E-state index in [-0.39, 0.29) is 48.1 Å². The first-order valence-corrected chi connectivity index (χ1v) is 9.53. The first-order valence-electron chi connectivity index (χ1n) is 7.71. The molecule has 2 aliphatic rings. The molecule has 120 valence electrons. The van der Waals surface area contributed by atoms with Gasteiger partial charge in [0, 0.05) is 25.4 Å². The monoisotopic (exact) mass is 316 g/mol. The Hall–Kier alpha value is -1.11. The van der Waals surface area contributed by atoms with Crippen molar-refractivity contribution in [3.05, 3.63) is 0 Å². The van der Waals surface area contributed by atoms with E-state index in [1.165, 1.54) is 0 Å². The van der Waals surface area contributed by atoms with Crippen LogP contribution in [0.1, 0.15) is 44.9 Å². The van der Waals surface area contributed by atoms with Gasteiger partial charge in [-0.25, -0.2) is 8.42 Å². The maximum absolute atomic E-state index is 11.7. The third-order valence-corrected chi connectivity index (χ3v) is 6.05. The molecule has 6 nitrogen and oxygen atoms in total. The Bertz CT molecular complexity index is 483. The van der Waals surface area contributed by atoms with Crippen LogP contribution in [0.15, 0.2) is 0 Å². The summed E-state index contributed by atoms with van der Waals surface area (Å²) >= 11 is 0. The third-order valence-electron chi connectivity index (χ3n) is 4.21. The number of carbonyl (C=O) groups is 2. The first kappa shape index (κ1) is 16.3. The molecule has 1 heterocycles. The summed E-state index contributed by atoms with van der Waals surface area (Å²) in [6.07, 6.45) is 5.38. The maximum atomic E-state index is 11.7. The standard InChI is InChI=1S/C14H24N2O4S/c17-13(15-9-11-7-8-21(19,20)10-11)5-6-14(18)16-12-3-1-2-4-12/h11-12H,1-10H2,(H,15,17)(H,16,18)/t11-/m0/s1. The van der Waals surface area contributed by atoms with Crippen molar-refractivity contribution in [2.24, 2.45) is 5.92 Å². The Kier molecular flexibility index (Phi) is 5.61. The highest BCUT2D eigenvalue weighted by atomic mass is 32.2. The van der Waals surface area contributed by atoms with Crippen LogP contribution in [0, 0.1) is 5.92 Å². The van der Waals surface area contributed by atoms with Crippen molar-refractivity contribution in [3.63, 3.8) is 0 Å². The average molecular weight is 316 g/mol. The Morgan fingerprint density at radius 1 is 1.00 bits per heavy atom. The van der Waals surface area contributed by atoms with Gasteiger partial charge < -0.3 is 10.6 Å². The molecule has 1 saturated heterocycles. The molecule has 1 aliphatic carbocycles. The summed E-state index contributed by atoms with van der Waals surface area (Å²) in [4.78, 5) is 23.3. The molecule has 2 amide bonds. The summed E-state index contributed by atoms with van der Waals surface area (Å²) in [5.74, 6) is 0.153. The fourth-order valence-corrected chi connectivity index (χ4v) is 4.84. The van der Waals surface area contributed by atoms with E-state index in [4.69, 9.17) is 0 Å². The molecule has 0 unspecified atom stereocenters. The molecule has 0 bridgehead atoms. The topological polar surface area (TPSA) is 92.3 Å². The van der Waals surface area contributed by atoms with Gasteiger partial charge in [-0.2, -0.15) is 0 Å². The number of nitrogens with one attached hydrogen (secondary N) is 2. The minimum Gasteiger partial charge on any atom is -0.356 e. The smallest absolute Gasteiger partial charge is 0.220 e. The van der Waals surface area contributed by atoms with Crippen LogP contribution in [0.2, 0.25) is 0 Å². The molecule has 2 N–H and O–H groups in total. The van der Waals surface area contributed by atoms with Gasteiger partial charge in [-0.3, -0.25) is 9.59 Å². The van der Waals surface area contributed by atoms with Gasteiger partial charge in [0.2, 0.25) is 11.8 Å². The second-order valence-corrected chi connectivity index (χ2v) is 8.35. The van der Waals surface area contributed by atoms with Crippen molar-refractivity contribution in [2.75, 3.05) is 18.1 Å². The lowest BCUT2D eigenvalue weighted by molar-refractivity contribution is -0.126. The summed E-state index contributed by atoms with van der Waals surface area (Å²) in [5.41, 5.74) is 0. The zero-order valence-corrected chi connectivity index (χ0v) is 13.1. The molecule has 2 rings (SSSR count). The van der Waals surface area contributed by atoms with Gasteiger partial charge in [0.25, 0.3) is 0 Å². The maximum Gasteiger partial charge on any atom is 0.220 e. The second kappa shape index (κ2) is 7.24. The van der Waals surface area contributed by atoms with Crippen molar-refractivity contribution in [1.82, 2.24) is 10.6 Å². The first-order chi connectivity index (χ1) is 9.94. The highest BCUT2D eigenvalue weighted by Crippen LogP contribution is 2.18. The molecule has 1 aliphatic heterocycles. The number of hydrogen-bond acceptors (Lipinski definition) is 4. The SMILES string of the molecule is O=C(CCC(=O)NC1CCCC1)NC[C@@H]1CCS(=O)(=O)C1. The molecule has 0 aromatic rings. The Balaban J connectivity index is 1.58. The predicted molar refractivity (Wildman–Crippen MR) is 79.4 cm³/mol. The zero-order valence-electron chi connectivity index (χ0n) is 12.3. The molecule has 0 aromatic heterocycles. The lowest BCUT2D eigenvalue weighted by Crippen LogP contribution is -2.34. The summed E-state index contributed by atoms with van der Waals surface area (Å²) in [5, 5.41) is 5.67. The number of rotatable bonds is 6. The molecule has 21 heavy (non-hydrogen) atoms. The molecule has 7 heteroatoms. The van der Waals surface area contributed by atoms with Gasteiger partial charge >= 0.3 is 0 Å². The van der Waals surface area contributed by atoms with Crippen LogP contribution in [0.25, 0.3) is 0 Å². The van der Waals surface area contributed by atoms with Gasteiger partial charge in [0.1, 0.15) is 0 Å². The number of hydrogen-bond donors (Lipinski definition) is 2. The van der Waals surface area contributed by atoms with Crippen molar-refractivity contribution in [1.29, 1.82) is 0 Å². The normalized spacial score (nSPS) is 24.9. The van der Waals surface area contributed by atoms with Crippen LogP contribution in [0.5, 0.6) is 0 Å². The van der Waals surface area contributed by atoms with Gasteiger partial charge in [-0.15, -0.1) is 0 Å². The van der Waals surface area contributed by atoms with E-state index < -0.39 is 9.84 Å². The van der Waals surface area contributed by atoms with E-state index in [1.54, 1.807) is 0 Å². The van der Waals surface area contributed by atoms with Crippen LogP contribution < -0.4 is 10.6 Å². The molecule has 1 saturated carbocycles. The molecule has 0 spiro atoms. The van der Waals surface area contributed by atoms with E-state index >= 15 is 0 Å². The molecule has 1 atom stereocenters. The highest BCUT2D eigenvalue weighted by Gasteiger charge is 2.27. The Morgan fingerprint density at radius 2 is 1.67 bits per heavy atom. The molecule has 0 aromatic carbocycles. The molecule has 2 fully saturated rings. The van der Waals surface area contributed by atoms with E-state index in [0.29, 0.717) is 13.0 Å². The van der Waals surface area contributed by atoms with E-state index in [2.05, 4.69) is 10.6 Å². The Labute approximate surface area is 126 Å². The number of sulfone groups is 1. The summed E-state index contributed by atoms with van der Waals surface area (Å²) < 4.78 is 22.6. The third kappa shape index (κ3) is 5.65.